The highest BCUT2D eigenvalue weighted by Gasteiger charge is 2.10. The Morgan fingerprint density at radius 1 is 1.44 bits per heavy atom. The van der Waals surface area contributed by atoms with Gasteiger partial charge in [-0.2, -0.15) is 0 Å². The lowest BCUT2D eigenvalue weighted by Crippen LogP contribution is -2.04. The molecule has 0 N–H and O–H groups in total. The van der Waals surface area contributed by atoms with Gasteiger partial charge in [0.25, 0.3) is 0 Å². The molecule has 0 aromatic heterocycles. The second kappa shape index (κ2) is 2.84. The van der Waals surface area contributed by atoms with Gasteiger partial charge in [0.15, 0.2) is 0 Å². The summed E-state index contributed by atoms with van der Waals surface area (Å²) in [7, 11) is 0. The molecular weight excluding hydrogens is 112 g/mol. The van der Waals surface area contributed by atoms with Gasteiger partial charge in [0.05, 0.1) is 0 Å². The lowest BCUT2D eigenvalue weighted by Gasteiger charge is -2.15. The summed E-state index contributed by atoms with van der Waals surface area (Å²) >= 11 is 0. The van der Waals surface area contributed by atoms with E-state index in [9.17, 15) is 4.79 Å². The molecular formula is C8H14O. The minimum absolute atomic E-state index is 0.224. The van der Waals surface area contributed by atoms with E-state index < -0.39 is 0 Å². The quantitative estimate of drug-likeness (QED) is 0.492. The van der Waals surface area contributed by atoms with Gasteiger partial charge in [-0.25, -0.2) is 4.79 Å². The molecule has 0 bridgehead atoms. The van der Waals surface area contributed by atoms with Crippen molar-refractivity contribution in [3.8, 4) is 0 Å². The van der Waals surface area contributed by atoms with E-state index >= 15 is 0 Å². The van der Waals surface area contributed by atoms with E-state index in [1.165, 1.54) is 0 Å². The predicted octanol–water partition coefficient (Wildman–Crippen LogP) is 2.20. The first-order valence-corrected chi connectivity index (χ1v) is 3.16. The normalized spacial score (nSPS) is 10.7. The van der Waals surface area contributed by atoms with Crippen LogP contribution in [0.2, 0.25) is 0 Å². The lowest BCUT2D eigenvalue weighted by atomic mass is 9.89. The maximum Gasteiger partial charge on any atom is 0.123 e. The average molecular weight is 126 g/mol. The Morgan fingerprint density at radius 3 is 2.00 bits per heavy atom. The summed E-state index contributed by atoms with van der Waals surface area (Å²) in [5.41, 5.74) is 1.03. The molecule has 0 spiro atoms. The summed E-state index contributed by atoms with van der Waals surface area (Å²) in [4.78, 5) is 10.0. The molecule has 0 fully saturated rings. The van der Waals surface area contributed by atoms with E-state index in [1.807, 2.05) is 12.9 Å². The Balaban J connectivity index is 3.89. The van der Waals surface area contributed by atoms with Crippen molar-refractivity contribution in [3.05, 3.63) is 5.57 Å². The molecule has 0 aliphatic rings. The highest BCUT2D eigenvalue weighted by Crippen LogP contribution is 2.21. The molecule has 0 amide bonds. The molecule has 0 atom stereocenters. The lowest BCUT2D eigenvalue weighted by molar-refractivity contribution is 0.409. The van der Waals surface area contributed by atoms with Crippen LogP contribution in [0.1, 0.15) is 34.1 Å². The molecule has 0 aromatic carbocycles. The van der Waals surface area contributed by atoms with Gasteiger partial charge in [0.2, 0.25) is 0 Å². The van der Waals surface area contributed by atoms with Crippen LogP contribution >= 0.6 is 0 Å². The zero-order chi connectivity index (χ0) is 7.49. The van der Waals surface area contributed by atoms with Crippen LogP contribution < -0.4 is 0 Å². The van der Waals surface area contributed by atoms with Gasteiger partial charge in [-0.1, -0.05) is 20.8 Å². The van der Waals surface area contributed by atoms with Crippen LogP contribution in [0.4, 0.5) is 0 Å². The summed E-state index contributed by atoms with van der Waals surface area (Å²) in [5.74, 6) is 1.89. The average Bonchev–Trinajstić information content (AvgIpc) is 1.62. The summed E-state index contributed by atoms with van der Waals surface area (Å²) in [5, 5.41) is 0. The standard InChI is InChI=1S/C8H14O/c1-7(6-9)5-8(2,3)4/h5H2,1-4H3. The van der Waals surface area contributed by atoms with E-state index in [0.717, 1.165) is 12.0 Å². The van der Waals surface area contributed by atoms with Crippen molar-refractivity contribution in [2.45, 2.75) is 34.1 Å². The fourth-order valence-electron chi connectivity index (χ4n) is 0.832. The molecule has 0 aliphatic heterocycles. The third-order valence-electron chi connectivity index (χ3n) is 0.970. The Hall–Kier alpha value is -0.550. The van der Waals surface area contributed by atoms with E-state index in [2.05, 4.69) is 20.8 Å². The maximum atomic E-state index is 10.0. The second-order valence-corrected chi connectivity index (χ2v) is 3.62. The highest BCUT2D eigenvalue weighted by atomic mass is 16.1. The molecule has 0 saturated heterocycles. The number of hydrogen-bond donors (Lipinski definition) is 0. The molecule has 52 valence electrons. The fraction of sp³-hybridized carbons (Fsp3) is 0.750. The molecule has 0 unspecified atom stereocenters. The Labute approximate surface area is 56.8 Å². The first-order valence-electron chi connectivity index (χ1n) is 3.16. The van der Waals surface area contributed by atoms with Gasteiger partial charge in [-0.05, 0) is 18.8 Å². The molecule has 9 heavy (non-hydrogen) atoms. The number of carbonyl (C=O) groups excluding carboxylic acids is 1. The predicted molar refractivity (Wildman–Crippen MR) is 39.0 cm³/mol. The van der Waals surface area contributed by atoms with Gasteiger partial charge in [0.1, 0.15) is 5.94 Å². The van der Waals surface area contributed by atoms with Crippen molar-refractivity contribution in [2.75, 3.05) is 0 Å². The molecule has 0 saturated carbocycles. The van der Waals surface area contributed by atoms with Crippen molar-refractivity contribution in [1.29, 1.82) is 0 Å². The van der Waals surface area contributed by atoms with Crippen molar-refractivity contribution in [2.24, 2.45) is 5.41 Å². The van der Waals surface area contributed by atoms with Crippen molar-refractivity contribution >= 4 is 5.94 Å². The molecule has 1 heteroatoms. The SMILES string of the molecule is CC(=C=O)CC(C)(C)C. The first-order chi connectivity index (χ1) is 3.95. The molecule has 0 aromatic rings. The van der Waals surface area contributed by atoms with Gasteiger partial charge in [0, 0.05) is 5.57 Å². The largest absolute Gasteiger partial charge is 0.234 e. The van der Waals surface area contributed by atoms with Gasteiger partial charge in [-0.15, -0.1) is 0 Å². The van der Waals surface area contributed by atoms with Crippen LogP contribution in [0.15, 0.2) is 5.57 Å². The molecule has 0 radical (unpaired) electrons. The molecule has 0 heterocycles. The van der Waals surface area contributed by atoms with Gasteiger partial charge in [-0.3, -0.25) is 0 Å². The minimum atomic E-state index is 0.224. The Morgan fingerprint density at radius 2 is 1.89 bits per heavy atom. The zero-order valence-corrected chi connectivity index (χ0v) is 6.62. The fourth-order valence-corrected chi connectivity index (χ4v) is 0.832. The van der Waals surface area contributed by atoms with Crippen LogP contribution in [-0.2, 0) is 4.79 Å². The summed E-state index contributed by atoms with van der Waals surface area (Å²) in [6.45, 7) is 8.13. The van der Waals surface area contributed by atoms with Crippen molar-refractivity contribution in [3.63, 3.8) is 0 Å². The number of rotatable bonds is 1. The molecule has 0 aliphatic carbocycles. The molecule has 0 rings (SSSR count). The summed E-state index contributed by atoms with van der Waals surface area (Å²) in [6.07, 6.45) is 0.844. The van der Waals surface area contributed by atoms with Crippen LogP contribution in [0.3, 0.4) is 0 Å². The Bertz CT molecular complexity index is 133. The van der Waals surface area contributed by atoms with Crippen LogP contribution in [0, 0.1) is 5.41 Å². The van der Waals surface area contributed by atoms with E-state index in [4.69, 9.17) is 0 Å². The van der Waals surface area contributed by atoms with E-state index in [-0.39, 0.29) is 5.41 Å². The molecule has 1 nitrogen and oxygen atoms in total. The Kier molecular flexibility index (Phi) is 2.66. The van der Waals surface area contributed by atoms with E-state index in [1.54, 1.807) is 0 Å². The summed E-state index contributed by atoms with van der Waals surface area (Å²) < 4.78 is 0. The van der Waals surface area contributed by atoms with Crippen molar-refractivity contribution < 1.29 is 4.79 Å². The first kappa shape index (κ1) is 8.45. The zero-order valence-electron chi connectivity index (χ0n) is 6.62. The third-order valence-corrected chi connectivity index (χ3v) is 0.970. The van der Waals surface area contributed by atoms with Gasteiger partial charge >= 0.3 is 0 Å². The monoisotopic (exact) mass is 126 g/mol. The highest BCUT2D eigenvalue weighted by molar-refractivity contribution is 5.51. The van der Waals surface area contributed by atoms with Crippen LogP contribution in [0.5, 0.6) is 0 Å². The van der Waals surface area contributed by atoms with Gasteiger partial charge < -0.3 is 0 Å². The van der Waals surface area contributed by atoms with Crippen molar-refractivity contribution in [1.82, 2.24) is 0 Å². The second-order valence-electron chi connectivity index (χ2n) is 3.62. The topological polar surface area (TPSA) is 17.1 Å². The number of allylic oxidation sites excluding steroid dienone is 1. The minimum Gasteiger partial charge on any atom is -0.234 e. The summed E-state index contributed by atoms with van der Waals surface area (Å²) in [6, 6.07) is 0. The smallest absolute Gasteiger partial charge is 0.123 e. The third kappa shape index (κ3) is 5.32. The number of hydrogen-bond acceptors (Lipinski definition) is 1. The van der Waals surface area contributed by atoms with Crippen LogP contribution in [-0.4, -0.2) is 5.94 Å². The van der Waals surface area contributed by atoms with Crippen LogP contribution in [0.25, 0.3) is 0 Å². The van der Waals surface area contributed by atoms with E-state index in [0.29, 0.717) is 0 Å². The maximum absolute atomic E-state index is 10.0.